The van der Waals surface area contributed by atoms with Crippen LogP contribution in [0.25, 0.3) is 11.3 Å². The van der Waals surface area contributed by atoms with E-state index >= 15 is 0 Å². The quantitative estimate of drug-likeness (QED) is 0.234. The first-order valence-corrected chi connectivity index (χ1v) is 19.4. The second-order valence-corrected chi connectivity index (χ2v) is 19.1. The Balaban J connectivity index is 0.00000221. The van der Waals surface area contributed by atoms with Crippen molar-refractivity contribution < 1.29 is 14.0 Å². The number of carbonyl (C=O) groups is 2. The van der Waals surface area contributed by atoms with Crippen molar-refractivity contribution in [1.29, 1.82) is 0 Å². The Morgan fingerprint density at radius 2 is 1.53 bits per heavy atom. The molecular formula is C36H55FN3O2P. The normalized spacial score (nSPS) is 11.6. The van der Waals surface area contributed by atoms with Crippen LogP contribution in [0.1, 0.15) is 81.6 Å². The van der Waals surface area contributed by atoms with Gasteiger partial charge in [0.1, 0.15) is 0 Å². The Labute approximate surface area is 260 Å². The first kappa shape index (κ1) is 37.9. The Morgan fingerprint density at radius 3 is 2.09 bits per heavy atom. The van der Waals surface area contributed by atoms with Gasteiger partial charge in [0.05, 0.1) is 0 Å². The van der Waals surface area contributed by atoms with Gasteiger partial charge in [-0.05, 0) is 6.42 Å². The van der Waals surface area contributed by atoms with Gasteiger partial charge < -0.3 is 0 Å². The number of rotatable bonds is 10. The minimum absolute atomic E-state index is 0.0309. The van der Waals surface area contributed by atoms with E-state index in [4.69, 9.17) is 4.98 Å². The van der Waals surface area contributed by atoms with Gasteiger partial charge in [-0.25, -0.2) is 0 Å². The number of halogens is 1. The molecule has 3 aromatic rings. The number of aromatic nitrogens is 1. The number of carbonyl (C=O) groups excluding carboxylic acids is 2. The first-order valence-electron chi connectivity index (χ1n) is 15.7. The first-order chi connectivity index (χ1) is 20.3. The van der Waals surface area contributed by atoms with Crippen molar-refractivity contribution in [3.8, 4) is 11.3 Å². The summed E-state index contributed by atoms with van der Waals surface area (Å²) in [6, 6.07) is 14.1. The molecule has 0 atom stereocenters. The number of hydrogen-bond donors (Lipinski definition) is 1. The van der Waals surface area contributed by atoms with Crippen LogP contribution in [0.4, 0.5) is 10.1 Å². The Hall–Kier alpha value is -3.11. The summed E-state index contributed by atoms with van der Waals surface area (Å²) in [5.41, 5.74) is 5.99. The summed E-state index contributed by atoms with van der Waals surface area (Å²) in [6.45, 7) is 21.6. The molecule has 0 radical (unpaired) electrons. The van der Waals surface area contributed by atoms with E-state index in [1.807, 2.05) is 47.6 Å². The van der Waals surface area contributed by atoms with E-state index in [0.717, 1.165) is 46.3 Å². The standard InChI is InChI=1S/C32H43FN3O2P.2C2H6/c1-9-11-30(37)36(5)28-20-25(13-12-22(28)3)32(38)34-19-18-27-21-29(39(6,7,8)10-2)23(4)31(35-27)24-14-16-26(33)17-15-24;2*1-2/h12-17,20-21H,9-11,18-19H2,1-8H3,(H,34,38);2*1-2H3. The monoisotopic (exact) mass is 611 g/mol. The number of hydrogen-bond acceptors (Lipinski definition) is 3. The molecule has 5 nitrogen and oxygen atoms in total. The zero-order valence-corrected chi connectivity index (χ0v) is 29.6. The van der Waals surface area contributed by atoms with Crippen molar-refractivity contribution >= 4 is 29.4 Å². The molecule has 0 aliphatic heterocycles. The predicted octanol–water partition coefficient (Wildman–Crippen LogP) is 8.38. The molecule has 2 amide bonds. The number of benzene rings is 2. The number of aryl methyl sites for hydroxylation is 1. The molecule has 0 saturated carbocycles. The average Bonchev–Trinajstić information content (AvgIpc) is 3.00. The molecule has 0 bridgehead atoms. The number of anilines is 1. The van der Waals surface area contributed by atoms with Crippen LogP contribution in [0.3, 0.4) is 0 Å². The maximum atomic E-state index is 13.6. The topological polar surface area (TPSA) is 62.3 Å². The zero-order valence-electron chi connectivity index (χ0n) is 28.7. The minimum atomic E-state index is -2.18. The van der Waals surface area contributed by atoms with Gasteiger partial charge in [0.25, 0.3) is 0 Å². The summed E-state index contributed by atoms with van der Waals surface area (Å²) < 4.78 is 13.6. The van der Waals surface area contributed by atoms with Crippen molar-refractivity contribution in [1.82, 2.24) is 10.3 Å². The molecule has 238 valence electrons. The van der Waals surface area contributed by atoms with Crippen molar-refractivity contribution in [3.63, 3.8) is 0 Å². The molecule has 2 aromatic carbocycles. The van der Waals surface area contributed by atoms with Crippen molar-refractivity contribution in [2.75, 3.05) is 44.6 Å². The fourth-order valence-corrected chi connectivity index (χ4v) is 7.05. The van der Waals surface area contributed by atoms with Gasteiger partial charge in [-0.1, -0.05) is 34.6 Å². The maximum absolute atomic E-state index is 13.6. The van der Waals surface area contributed by atoms with Crippen LogP contribution in [-0.2, 0) is 11.2 Å². The molecule has 7 heteroatoms. The predicted molar refractivity (Wildman–Crippen MR) is 187 cm³/mol. The van der Waals surface area contributed by atoms with Crippen LogP contribution >= 0.6 is 6.60 Å². The van der Waals surface area contributed by atoms with Crippen molar-refractivity contribution in [3.05, 3.63) is 76.7 Å². The molecule has 0 aliphatic rings. The Morgan fingerprint density at radius 1 is 0.930 bits per heavy atom. The van der Waals surface area contributed by atoms with Crippen LogP contribution in [0.15, 0.2) is 48.5 Å². The van der Waals surface area contributed by atoms with E-state index < -0.39 is 6.60 Å². The number of nitrogens with one attached hydrogen (secondary N) is 1. The van der Waals surface area contributed by atoms with Crippen LogP contribution in [-0.4, -0.2) is 56.5 Å². The van der Waals surface area contributed by atoms with Crippen LogP contribution in [0.5, 0.6) is 0 Å². The molecule has 1 heterocycles. The van der Waals surface area contributed by atoms with Crippen LogP contribution in [0, 0.1) is 19.7 Å². The van der Waals surface area contributed by atoms with E-state index in [0.29, 0.717) is 24.9 Å². The summed E-state index contributed by atoms with van der Waals surface area (Å²) >= 11 is 0. The van der Waals surface area contributed by atoms with Gasteiger partial charge >= 0.3 is 209 Å². The third-order valence-corrected chi connectivity index (χ3v) is 12.2. The molecular weight excluding hydrogens is 556 g/mol. The van der Waals surface area contributed by atoms with E-state index in [-0.39, 0.29) is 17.6 Å². The van der Waals surface area contributed by atoms with Gasteiger partial charge in [0.2, 0.25) is 0 Å². The molecule has 0 unspecified atom stereocenters. The second-order valence-electron chi connectivity index (χ2n) is 11.8. The third-order valence-electron chi connectivity index (χ3n) is 7.75. The summed E-state index contributed by atoms with van der Waals surface area (Å²) in [4.78, 5) is 32.1. The van der Waals surface area contributed by atoms with E-state index in [2.05, 4.69) is 45.2 Å². The van der Waals surface area contributed by atoms with Gasteiger partial charge in [0.15, 0.2) is 0 Å². The van der Waals surface area contributed by atoms with Crippen LogP contribution < -0.4 is 15.5 Å². The zero-order chi connectivity index (χ0) is 33.0. The van der Waals surface area contributed by atoms with Crippen molar-refractivity contribution in [2.24, 2.45) is 0 Å². The second kappa shape index (κ2) is 16.7. The van der Waals surface area contributed by atoms with Crippen LogP contribution in [0.2, 0.25) is 0 Å². The average molecular weight is 612 g/mol. The number of amides is 2. The molecule has 0 spiro atoms. The number of pyridine rings is 1. The Bertz CT molecular complexity index is 1360. The van der Waals surface area contributed by atoms with E-state index in [9.17, 15) is 14.0 Å². The fraction of sp³-hybridized carbons (Fsp3) is 0.472. The molecule has 0 saturated heterocycles. The summed E-state index contributed by atoms with van der Waals surface area (Å²) in [5.74, 6) is -0.429. The van der Waals surface area contributed by atoms with Gasteiger partial charge in [-0.3, -0.25) is 4.79 Å². The number of nitrogens with zero attached hydrogens (tertiary/aromatic N) is 2. The van der Waals surface area contributed by atoms with Gasteiger partial charge in [-0.2, -0.15) is 0 Å². The van der Waals surface area contributed by atoms with Gasteiger partial charge in [-0.15, -0.1) is 0 Å². The third kappa shape index (κ3) is 9.96. The Kier molecular flexibility index (Phi) is 14.7. The summed E-state index contributed by atoms with van der Waals surface area (Å²) in [7, 11) is 1.75. The molecule has 0 aliphatic carbocycles. The molecule has 1 aromatic heterocycles. The summed E-state index contributed by atoms with van der Waals surface area (Å²) in [5, 5.41) is 4.35. The van der Waals surface area contributed by atoms with E-state index in [1.54, 1.807) is 36.2 Å². The van der Waals surface area contributed by atoms with Crippen molar-refractivity contribution in [2.45, 2.75) is 74.7 Å². The SMILES string of the molecule is CC.CC.CCCC(=O)N(C)c1cc(C(=O)NCCc2cc(P(C)(C)(C)CC)c(C)c(-c3ccc(F)cc3)n2)ccc1C. The molecule has 3 rings (SSSR count). The van der Waals surface area contributed by atoms with E-state index in [1.165, 1.54) is 17.4 Å². The fourth-order valence-electron chi connectivity index (χ4n) is 4.73. The summed E-state index contributed by atoms with van der Waals surface area (Å²) in [6.07, 6.45) is 2.86. The molecule has 43 heavy (non-hydrogen) atoms. The molecule has 1 N–H and O–H groups in total. The van der Waals surface area contributed by atoms with Gasteiger partial charge in [0, 0.05) is 6.42 Å². The molecule has 0 fully saturated rings.